The Morgan fingerprint density at radius 2 is 2.24 bits per heavy atom. The summed E-state index contributed by atoms with van der Waals surface area (Å²) < 4.78 is 6.04. The summed E-state index contributed by atoms with van der Waals surface area (Å²) in [4.78, 5) is 26.8. The lowest BCUT2D eigenvalue weighted by Crippen LogP contribution is -2.27. The van der Waals surface area contributed by atoms with E-state index in [0.717, 1.165) is 4.57 Å². The predicted octanol–water partition coefficient (Wildman–Crippen LogP) is 0.340. The highest BCUT2D eigenvalue weighted by molar-refractivity contribution is 5.75. The molecule has 0 radical (unpaired) electrons. The fourth-order valence-corrected chi connectivity index (χ4v) is 1.66. The summed E-state index contributed by atoms with van der Waals surface area (Å²) in [6.07, 6.45) is 0.528. The molecule has 90 valence electrons. The number of hydrogen-bond acceptors (Lipinski definition) is 5. The molecule has 2 aromatic rings. The van der Waals surface area contributed by atoms with E-state index in [4.69, 9.17) is 9.63 Å². The zero-order valence-corrected chi connectivity index (χ0v) is 9.43. The third-order valence-corrected chi connectivity index (χ3v) is 2.49. The largest absolute Gasteiger partial charge is 0.480 e. The first-order valence-corrected chi connectivity index (χ1v) is 5.12. The van der Waals surface area contributed by atoms with Crippen LogP contribution in [0.3, 0.4) is 0 Å². The molecule has 0 fully saturated rings. The predicted molar refractivity (Wildman–Crippen MR) is 57.8 cm³/mol. The first kappa shape index (κ1) is 11.3. The van der Waals surface area contributed by atoms with Gasteiger partial charge in [0.1, 0.15) is 17.8 Å². The number of aliphatic carboxylic acids is 1. The van der Waals surface area contributed by atoms with E-state index in [9.17, 15) is 9.59 Å². The van der Waals surface area contributed by atoms with Gasteiger partial charge < -0.3 is 9.63 Å². The van der Waals surface area contributed by atoms with Crippen LogP contribution in [0.1, 0.15) is 18.4 Å². The highest BCUT2D eigenvalue weighted by atomic mass is 16.5. The first-order chi connectivity index (χ1) is 8.04. The highest BCUT2D eigenvalue weighted by Crippen LogP contribution is 2.13. The van der Waals surface area contributed by atoms with Crippen molar-refractivity contribution in [1.29, 1.82) is 0 Å². The normalized spacial score (nSPS) is 10.9. The van der Waals surface area contributed by atoms with Crippen LogP contribution < -0.4 is 5.56 Å². The van der Waals surface area contributed by atoms with Gasteiger partial charge in [-0.2, -0.15) is 4.98 Å². The van der Waals surface area contributed by atoms with Crippen molar-refractivity contribution in [3.05, 3.63) is 21.9 Å². The van der Waals surface area contributed by atoms with E-state index in [1.54, 1.807) is 6.92 Å². The standard InChI is InChI=1S/C10H11N3O4/c1-3-6-8-9(17-12-6)11-5(2)13(10(8)16)4-7(14)15/h3-4H2,1-2H3,(H,14,15). The molecule has 0 amide bonds. The van der Waals surface area contributed by atoms with Gasteiger partial charge in [-0.3, -0.25) is 14.2 Å². The smallest absolute Gasteiger partial charge is 0.323 e. The van der Waals surface area contributed by atoms with Crippen LogP contribution in [0.4, 0.5) is 0 Å². The van der Waals surface area contributed by atoms with Crippen molar-refractivity contribution in [1.82, 2.24) is 14.7 Å². The summed E-state index contributed by atoms with van der Waals surface area (Å²) in [7, 11) is 0. The van der Waals surface area contributed by atoms with Crippen molar-refractivity contribution in [3.63, 3.8) is 0 Å². The molecular weight excluding hydrogens is 226 g/mol. The summed E-state index contributed by atoms with van der Waals surface area (Å²) in [6.45, 7) is 2.97. The summed E-state index contributed by atoms with van der Waals surface area (Å²) in [6, 6.07) is 0. The molecule has 2 rings (SSSR count). The molecule has 1 N–H and O–H groups in total. The maximum Gasteiger partial charge on any atom is 0.323 e. The monoisotopic (exact) mass is 237 g/mol. The second-order valence-electron chi connectivity index (χ2n) is 3.61. The highest BCUT2D eigenvalue weighted by Gasteiger charge is 2.17. The number of fused-ring (bicyclic) bond motifs is 1. The lowest BCUT2D eigenvalue weighted by atomic mass is 10.2. The first-order valence-electron chi connectivity index (χ1n) is 5.12. The maximum atomic E-state index is 12.1. The van der Waals surface area contributed by atoms with Crippen molar-refractivity contribution in [2.75, 3.05) is 0 Å². The molecule has 2 heterocycles. The van der Waals surface area contributed by atoms with Crippen LogP contribution in [0.25, 0.3) is 11.1 Å². The summed E-state index contributed by atoms with van der Waals surface area (Å²) >= 11 is 0. The van der Waals surface area contributed by atoms with Gasteiger partial charge in [0.25, 0.3) is 11.3 Å². The fraction of sp³-hybridized carbons (Fsp3) is 0.400. The van der Waals surface area contributed by atoms with Crippen LogP contribution in [0.5, 0.6) is 0 Å². The molecule has 2 aromatic heterocycles. The van der Waals surface area contributed by atoms with E-state index in [2.05, 4.69) is 10.1 Å². The van der Waals surface area contributed by atoms with Crippen LogP contribution in [-0.4, -0.2) is 25.8 Å². The molecule has 0 bridgehead atoms. The van der Waals surface area contributed by atoms with Crippen molar-refractivity contribution in [3.8, 4) is 0 Å². The van der Waals surface area contributed by atoms with Crippen molar-refractivity contribution in [2.24, 2.45) is 0 Å². The van der Waals surface area contributed by atoms with Crippen LogP contribution in [0.2, 0.25) is 0 Å². The van der Waals surface area contributed by atoms with E-state index in [0.29, 0.717) is 17.9 Å². The SMILES string of the molecule is CCc1noc2nc(C)n(CC(=O)O)c(=O)c12. The second-order valence-corrected chi connectivity index (χ2v) is 3.61. The zero-order valence-electron chi connectivity index (χ0n) is 9.43. The molecule has 7 heteroatoms. The van der Waals surface area contributed by atoms with Gasteiger partial charge >= 0.3 is 5.97 Å². The lowest BCUT2D eigenvalue weighted by Gasteiger charge is -2.05. The number of carboxylic acids is 1. The third-order valence-electron chi connectivity index (χ3n) is 2.49. The van der Waals surface area contributed by atoms with Crippen LogP contribution in [0.15, 0.2) is 9.32 Å². The Labute approximate surface area is 95.7 Å². The van der Waals surface area contributed by atoms with E-state index in [1.807, 2.05) is 6.92 Å². The Hall–Kier alpha value is -2.18. The molecule has 0 saturated heterocycles. The summed E-state index contributed by atoms with van der Waals surface area (Å²) in [5, 5.41) is 12.7. The Morgan fingerprint density at radius 3 is 2.82 bits per heavy atom. The summed E-state index contributed by atoms with van der Waals surface area (Å²) in [5.74, 6) is -0.797. The molecule has 0 aliphatic carbocycles. The third kappa shape index (κ3) is 1.79. The Morgan fingerprint density at radius 1 is 1.53 bits per heavy atom. The fourth-order valence-electron chi connectivity index (χ4n) is 1.66. The number of carbonyl (C=O) groups is 1. The van der Waals surface area contributed by atoms with Gasteiger partial charge in [-0.25, -0.2) is 0 Å². The van der Waals surface area contributed by atoms with Gasteiger partial charge in [0, 0.05) is 0 Å². The van der Waals surface area contributed by atoms with E-state index in [1.165, 1.54) is 0 Å². The quantitative estimate of drug-likeness (QED) is 0.826. The summed E-state index contributed by atoms with van der Waals surface area (Å²) in [5.41, 5.74) is 0.232. The number of aryl methyl sites for hydroxylation is 2. The minimum atomic E-state index is -1.09. The second kappa shape index (κ2) is 4.00. The van der Waals surface area contributed by atoms with Gasteiger partial charge in [0.2, 0.25) is 0 Å². The van der Waals surface area contributed by atoms with E-state index >= 15 is 0 Å². The van der Waals surface area contributed by atoms with Crippen molar-refractivity contribution in [2.45, 2.75) is 26.8 Å². The van der Waals surface area contributed by atoms with Gasteiger partial charge in [0.05, 0.1) is 5.69 Å². The minimum Gasteiger partial charge on any atom is -0.480 e. The van der Waals surface area contributed by atoms with Crippen LogP contribution in [0, 0.1) is 6.92 Å². The average Bonchev–Trinajstić information content (AvgIpc) is 2.66. The molecule has 0 aliphatic rings. The lowest BCUT2D eigenvalue weighted by molar-refractivity contribution is -0.137. The Balaban J connectivity index is 2.76. The van der Waals surface area contributed by atoms with E-state index in [-0.39, 0.29) is 11.1 Å². The molecule has 0 atom stereocenters. The molecule has 0 unspecified atom stereocenters. The van der Waals surface area contributed by atoms with Crippen LogP contribution >= 0.6 is 0 Å². The van der Waals surface area contributed by atoms with Crippen molar-refractivity contribution < 1.29 is 14.4 Å². The molecule has 17 heavy (non-hydrogen) atoms. The maximum absolute atomic E-state index is 12.1. The number of nitrogens with zero attached hydrogens (tertiary/aromatic N) is 3. The number of aromatic nitrogens is 3. The van der Waals surface area contributed by atoms with Gasteiger partial charge in [-0.05, 0) is 13.3 Å². The average molecular weight is 237 g/mol. The topological polar surface area (TPSA) is 98.2 Å². The van der Waals surface area contributed by atoms with Gasteiger partial charge in [-0.15, -0.1) is 0 Å². The number of hydrogen-bond donors (Lipinski definition) is 1. The number of rotatable bonds is 3. The Kier molecular flexibility index (Phi) is 2.66. The van der Waals surface area contributed by atoms with Gasteiger partial charge in [-0.1, -0.05) is 12.1 Å². The zero-order chi connectivity index (χ0) is 12.6. The molecule has 0 aromatic carbocycles. The minimum absolute atomic E-state index is 0.158. The molecule has 7 nitrogen and oxygen atoms in total. The molecule has 0 spiro atoms. The molecule has 0 saturated carbocycles. The molecular formula is C10H11N3O4. The van der Waals surface area contributed by atoms with Gasteiger partial charge in [0.15, 0.2) is 0 Å². The number of carboxylic acid groups (broad SMARTS) is 1. The Bertz CT molecular complexity index is 641. The molecule has 0 aliphatic heterocycles. The van der Waals surface area contributed by atoms with E-state index < -0.39 is 18.1 Å². The van der Waals surface area contributed by atoms with Crippen molar-refractivity contribution >= 4 is 17.1 Å². The van der Waals surface area contributed by atoms with Crippen LogP contribution in [-0.2, 0) is 17.8 Å².